The van der Waals surface area contributed by atoms with E-state index in [9.17, 15) is 24.6 Å². The van der Waals surface area contributed by atoms with Crippen LogP contribution in [0.3, 0.4) is 0 Å². The summed E-state index contributed by atoms with van der Waals surface area (Å²) in [4.78, 5) is 42.7. The minimum Gasteiger partial charge on any atom is -0.508 e. The number of carbonyl (C=O) groups is 3. The Bertz CT molecular complexity index is 1160. The molecule has 226 valence electrons. The van der Waals surface area contributed by atoms with E-state index in [0.29, 0.717) is 17.9 Å². The van der Waals surface area contributed by atoms with Gasteiger partial charge >= 0.3 is 6.09 Å². The Hall–Kier alpha value is -3.75. The summed E-state index contributed by atoms with van der Waals surface area (Å²) >= 11 is 0. The minimum atomic E-state index is -1.16. The normalized spacial score (nSPS) is 13.8. The Kier molecular flexibility index (Phi) is 12.0. The molecule has 3 atom stereocenters. The van der Waals surface area contributed by atoms with Crippen LogP contribution in [-0.4, -0.2) is 56.7 Å². The van der Waals surface area contributed by atoms with Crippen LogP contribution in [0.25, 0.3) is 0 Å². The first-order valence-electron chi connectivity index (χ1n) is 14.3. The zero-order valence-electron chi connectivity index (χ0n) is 25.6. The molecule has 2 aromatic rings. The predicted molar refractivity (Wildman–Crippen MR) is 159 cm³/mol. The van der Waals surface area contributed by atoms with Gasteiger partial charge in [-0.25, -0.2) is 4.79 Å². The highest BCUT2D eigenvalue weighted by Gasteiger charge is 2.40. The Morgan fingerprint density at radius 1 is 0.878 bits per heavy atom. The molecule has 0 bridgehead atoms. The molecule has 0 heterocycles. The van der Waals surface area contributed by atoms with E-state index in [1.165, 1.54) is 23.1 Å². The van der Waals surface area contributed by atoms with E-state index in [4.69, 9.17) is 4.74 Å². The Balaban J connectivity index is 2.66. The van der Waals surface area contributed by atoms with Gasteiger partial charge in [-0.3, -0.25) is 9.59 Å². The molecule has 0 aliphatic rings. The largest absolute Gasteiger partial charge is 0.508 e. The van der Waals surface area contributed by atoms with Gasteiger partial charge in [-0.1, -0.05) is 44.2 Å². The number of rotatable bonds is 12. The summed E-state index contributed by atoms with van der Waals surface area (Å²) in [6, 6.07) is 9.94. The van der Waals surface area contributed by atoms with Crippen molar-refractivity contribution in [2.24, 2.45) is 5.92 Å². The van der Waals surface area contributed by atoms with E-state index in [2.05, 4.69) is 24.5 Å². The molecule has 2 rings (SSSR count). The fourth-order valence-electron chi connectivity index (χ4n) is 4.51. The topological polar surface area (TPSA) is 128 Å². The number of alkyl carbamates (subject to hydrolysis) is 1. The number of para-hydroxylation sites is 1. The number of phenolic OH excluding ortho intramolecular Hbond substituents is 2. The molecule has 41 heavy (non-hydrogen) atoms. The molecule has 2 aromatic carbocycles. The standard InChI is InChI=1S/C32H47N3O6/c1-20(2)13-14-22(5)35(28(29(38)33-21(3)4)25-11-9-10-12-27(25)37)30(39)26(34-31(40)41-32(6,7)8)19-23-15-17-24(36)18-16-23/h9-12,15-18,20-22,26,28,36-37H,13-14,19H2,1-8H3,(H,33,38)(H,34,40). The fourth-order valence-corrected chi connectivity index (χ4v) is 4.51. The van der Waals surface area contributed by atoms with Crippen molar-refractivity contribution in [3.05, 3.63) is 59.7 Å². The van der Waals surface area contributed by atoms with Crippen LogP contribution in [0.15, 0.2) is 48.5 Å². The second kappa shape index (κ2) is 14.8. The predicted octanol–water partition coefficient (Wildman–Crippen LogP) is 5.45. The van der Waals surface area contributed by atoms with Crippen LogP contribution in [0.4, 0.5) is 4.79 Å². The summed E-state index contributed by atoms with van der Waals surface area (Å²) in [6.45, 7) is 14.9. The number of benzene rings is 2. The zero-order valence-corrected chi connectivity index (χ0v) is 25.6. The molecule has 0 saturated carbocycles. The van der Waals surface area contributed by atoms with Gasteiger partial charge in [0.15, 0.2) is 0 Å². The summed E-state index contributed by atoms with van der Waals surface area (Å²) < 4.78 is 5.48. The van der Waals surface area contributed by atoms with Gasteiger partial charge in [0.2, 0.25) is 11.8 Å². The van der Waals surface area contributed by atoms with Crippen molar-refractivity contribution in [3.63, 3.8) is 0 Å². The molecule has 0 saturated heterocycles. The molecule has 0 aliphatic heterocycles. The average molecular weight is 570 g/mol. The number of carbonyl (C=O) groups excluding carboxylic acids is 3. The third-order valence-corrected chi connectivity index (χ3v) is 6.45. The monoisotopic (exact) mass is 569 g/mol. The summed E-state index contributed by atoms with van der Waals surface area (Å²) in [5, 5.41) is 26.2. The smallest absolute Gasteiger partial charge is 0.408 e. The number of phenols is 2. The molecule has 3 unspecified atom stereocenters. The van der Waals surface area contributed by atoms with Crippen molar-refractivity contribution in [2.45, 2.75) is 104 Å². The maximum atomic E-state index is 14.6. The van der Waals surface area contributed by atoms with Crippen molar-refractivity contribution >= 4 is 17.9 Å². The molecular formula is C32H47N3O6. The Labute approximate surface area is 244 Å². The maximum Gasteiger partial charge on any atom is 0.408 e. The maximum absolute atomic E-state index is 14.6. The van der Waals surface area contributed by atoms with Crippen LogP contribution in [0, 0.1) is 5.92 Å². The number of hydrogen-bond donors (Lipinski definition) is 4. The number of hydrogen-bond acceptors (Lipinski definition) is 6. The first kappa shape index (κ1) is 33.5. The summed E-state index contributed by atoms with van der Waals surface area (Å²) in [5.41, 5.74) is 0.185. The van der Waals surface area contributed by atoms with Crippen LogP contribution in [0.1, 0.15) is 85.4 Å². The quantitative estimate of drug-likeness (QED) is 0.269. The van der Waals surface area contributed by atoms with E-state index in [1.807, 2.05) is 20.8 Å². The van der Waals surface area contributed by atoms with Crippen molar-refractivity contribution in [1.29, 1.82) is 0 Å². The molecule has 9 heteroatoms. The summed E-state index contributed by atoms with van der Waals surface area (Å²) in [6.07, 6.45) is 0.716. The lowest BCUT2D eigenvalue weighted by Crippen LogP contribution is -2.56. The van der Waals surface area contributed by atoms with Gasteiger partial charge in [-0.15, -0.1) is 0 Å². The number of ether oxygens (including phenoxy) is 1. The van der Waals surface area contributed by atoms with Gasteiger partial charge in [-0.2, -0.15) is 0 Å². The third-order valence-electron chi connectivity index (χ3n) is 6.45. The van der Waals surface area contributed by atoms with Crippen molar-refractivity contribution in [3.8, 4) is 11.5 Å². The van der Waals surface area contributed by atoms with Crippen LogP contribution in [0.5, 0.6) is 11.5 Å². The highest BCUT2D eigenvalue weighted by atomic mass is 16.6. The van der Waals surface area contributed by atoms with Gasteiger partial charge in [0.1, 0.15) is 29.2 Å². The second-order valence-electron chi connectivity index (χ2n) is 12.3. The number of aromatic hydroxyl groups is 2. The van der Waals surface area contributed by atoms with E-state index in [1.54, 1.807) is 51.1 Å². The molecule has 0 radical (unpaired) electrons. The average Bonchev–Trinajstić information content (AvgIpc) is 2.85. The SMILES string of the molecule is CC(C)CCC(C)N(C(=O)C(Cc1ccc(O)cc1)NC(=O)OC(C)(C)C)C(C(=O)NC(C)C)c1ccccc1O. The zero-order chi connectivity index (χ0) is 30.9. The van der Waals surface area contributed by atoms with Crippen LogP contribution >= 0.6 is 0 Å². The van der Waals surface area contributed by atoms with E-state index >= 15 is 0 Å². The van der Waals surface area contributed by atoms with Gasteiger partial charge in [-0.05, 0) is 84.1 Å². The van der Waals surface area contributed by atoms with Gasteiger partial charge in [0, 0.05) is 24.1 Å². The molecule has 0 aliphatic carbocycles. The molecule has 0 spiro atoms. The molecular weight excluding hydrogens is 522 g/mol. The van der Waals surface area contributed by atoms with Gasteiger partial charge in [0.05, 0.1) is 0 Å². The van der Waals surface area contributed by atoms with E-state index in [0.717, 1.165) is 6.42 Å². The summed E-state index contributed by atoms with van der Waals surface area (Å²) in [7, 11) is 0. The van der Waals surface area contributed by atoms with Gasteiger partial charge in [0.25, 0.3) is 0 Å². The lowest BCUT2D eigenvalue weighted by Gasteiger charge is -2.39. The van der Waals surface area contributed by atoms with Crippen LogP contribution in [0.2, 0.25) is 0 Å². The molecule has 0 aromatic heterocycles. The van der Waals surface area contributed by atoms with E-state index < -0.39 is 41.6 Å². The second-order valence-corrected chi connectivity index (χ2v) is 12.3. The molecule has 0 fully saturated rings. The number of amides is 3. The molecule has 9 nitrogen and oxygen atoms in total. The molecule has 3 amide bonds. The molecule has 4 N–H and O–H groups in total. The van der Waals surface area contributed by atoms with Crippen LogP contribution in [-0.2, 0) is 20.7 Å². The van der Waals surface area contributed by atoms with Crippen molar-refractivity contribution in [2.75, 3.05) is 0 Å². The first-order chi connectivity index (χ1) is 19.1. The van der Waals surface area contributed by atoms with E-state index in [-0.39, 0.29) is 29.5 Å². The number of nitrogens with zero attached hydrogens (tertiary/aromatic N) is 1. The lowest BCUT2D eigenvalue weighted by molar-refractivity contribution is -0.145. The van der Waals surface area contributed by atoms with Crippen molar-refractivity contribution < 1.29 is 29.3 Å². The highest BCUT2D eigenvalue weighted by molar-refractivity contribution is 5.93. The number of nitrogens with one attached hydrogen (secondary N) is 2. The lowest BCUT2D eigenvalue weighted by atomic mass is 9.95. The highest BCUT2D eigenvalue weighted by Crippen LogP contribution is 2.33. The van der Waals surface area contributed by atoms with Crippen LogP contribution < -0.4 is 10.6 Å². The first-order valence-corrected chi connectivity index (χ1v) is 14.3. The Morgan fingerprint density at radius 2 is 1.49 bits per heavy atom. The van der Waals surface area contributed by atoms with Crippen molar-refractivity contribution in [1.82, 2.24) is 15.5 Å². The fraction of sp³-hybridized carbons (Fsp3) is 0.531. The summed E-state index contributed by atoms with van der Waals surface area (Å²) in [5.74, 6) is -0.611. The third kappa shape index (κ3) is 10.6. The Morgan fingerprint density at radius 3 is 2.02 bits per heavy atom. The van der Waals surface area contributed by atoms with Gasteiger partial charge < -0.3 is 30.5 Å². The minimum absolute atomic E-state index is 0.0747.